The van der Waals surface area contributed by atoms with Crippen LogP contribution in [-0.2, 0) is 0 Å². The summed E-state index contributed by atoms with van der Waals surface area (Å²) >= 11 is 0. The van der Waals surface area contributed by atoms with Gasteiger partial charge in [0, 0.05) is 42.8 Å². The third-order valence-corrected chi connectivity index (χ3v) is 4.96. The summed E-state index contributed by atoms with van der Waals surface area (Å²) in [5.74, 6) is 2.38. The average Bonchev–Trinajstić information content (AvgIpc) is 2.63. The van der Waals surface area contributed by atoms with E-state index in [1.807, 2.05) is 13.0 Å². The number of piperidine rings is 1. The number of hydrogen-bond donors (Lipinski definition) is 2. The van der Waals surface area contributed by atoms with E-state index in [0.717, 1.165) is 49.2 Å². The Labute approximate surface area is 157 Å². The molecule has 2 heterocycles. The molecule has 0 amide bonds. The first-order chi connectivity index (χ1) is 12.6. The second-order valence-corrected chi connectivity index (χ2v) is 7.34. The molecular formula is C21H31N5. The highest BCUT2D eigenvalue weighted by atomic mass is 15.1. The van der Waals surface area contributed by atoms with Gasteiger partial charge in [0.1, 0.15) is 5.82 Å². The number of nitrogens with one attached hydrogen (secondary N) is 2. The lowest BCUT2D eigenvalue weighted by atomic mass is 9.99. The highest BCUT2D eigenvalue weighted by Crippen LogP contribution is 2.25. The minimum absolute atomic E-state index is 0.642. The molecule has 1 aliphatic heterocycles. The third kappa shape index (κ3) is 5.10. The van der Waals surface area contributed by atoms with Gasteiger partial charge in [0.15, 0.2) is 0 Å². The van der Waals surface area contributed by atoms with E-state index < -0.39 is 0 Å². The quantitative estimate of drug-likeness (QED) is 0.688. The SMILES string of the molecule is CCCCNc1cc(C)nc(Nc2ccc(N3CCC(C)CC3)cc2)n1. The van der Waals surface area contributed by atoms with Crippen molar-refractivity contribution < 1.29 is 0 Å². The molecule has 1 saturated heterocycles. The van der Waals surface area contributed by atoms with Gasteiger partial charge in [-0.05, 0) is 56.4 Å². The number of hydrogen-bond acceptors (Lipinski definition) is 5. The number of unbranched alkanes of at least 4 members (excludes halogenated alkanes) is 1. The van der Waals surface area contributed by atoms with Crippen LogP contribution >= 0.6 is 0 Å². The van der Waals surface area contributed by atoms with Gasteiger partial charge in [-0.3, -0.25) is 0 Å². The Bertz CT molecular complexity index is 690. The number of aryl methyl sites for hydroxylation is 1. The third-order valence-electron chi connectivity index (χ3n) is 4.96. The van der Waals surface area contributed by atoms with E-state index in [9.17, 15) is 0 Å². The fraction of sp³-hybridized carbons (Fsp3) is 0.524. The van der Waals surface area contributed by atoms with Gasteiger partial charge in [-0.15, -0.1) is 0 Å². The minimum Gasteiger partial charge on any atom is -0.372 e. The van der Waals surface area contributed by atoms with Crippen molar-refractivity contribution in [3.63, 3.8) is 0 Å². The van der Waals surface area contributed by atoms with E-state index in [1.165, 1.54) is 24.9 Å². The molecule has 0 saturated carbocycles. The van der Waals surface area contributed by atoms with Crippen molar-refractivity contribution in [3.05, 3.63) is 36.0 Å². The van der Waals surface area contributed by atoms with Gasteiger partial charge in [-0.2, -0.15) is 4.98 Å². The maximum Gasteiger partial charge on any atom is 0.229 e. The van der Waals surface area contributed by atoms with Crippen LogP contribution in [0.2, 0.25) is 0 Å². The summed E-state index contributed by atoms with van der Waals surface area (Å²) in [4.78, 5) is 11.6. The van der Waals surface area contributed by atoms with Gasteiger partial charge in [0.25, 0.3) is 0 Å². The molecular weight excluding hydrogens is 322 g/mol. The van der Waals surface area contributed by atoms with Gasteiger partial charge in [-0.25, -0.2) is 4.98 Å². The molecule has 0 bridgehead atoms. The molecule has 5 nitrogen and oxygen atoms in total. The van der Waals surface area contributed by atoms with Crippen molar-refractivity contribution in [2.75, 3.05) is 35.2 Å². The van der Waals surface area contributed by atoms with E-state index in [4.69, 9.17) is 0 Å². The van der Waals surface area contributed by atoms with Gasteiger partial charge < -0.3 is 15.5 Å². The second-order valence-electron chi connectivity index (χ2n) is 7.34. The van der Waals surface area contributed by atoms with E-state index in [0.29, 0.717) is 5.95 Å². The molecule has 2 aromatic rings. The van der Waals surface area contributed by atoms with E-state index in [2.05, 4.69) is 63.6 Å². The fourth-order valence-electron chi connectivity index (χ4n) is 3.26. The topological polar surface area (TPSA) is 53.1 Å². The van der Waals surface area contributed by atoms with E-state index >= 15 is 0 Å². The molecule has 1 aromatic heterocycles. The van der Waals surface area contributed by atoms with Crippen molar-refractivity contribution in [2.45, 2.75) is 46.5 Å². The van der Waals surface area contributed by atoms with Gasteiger partial charge in [0.05, 0.1) is 0 Å². The fourth-order valence-corrected chi connectivity index (χ4v) is 3.26. The Kier molecular flexibility index (Phi) is 6.31. The molecule has 26 heavy (non-hydrogen) atoms. The van der Waals surface area contributed by atoms with Crippen molar-refractivity contribution >= 4 is 23.1 Å². The van der Waals surface area contributed by atoms with Crippen molar-refractivity contribution in [3.8, 4) is 0 Å². The molecule has 2 N–H and O–H groups in total. The summed E-state index contributed by atoms with van der Waals surface area (Å²) in [5.41, 5.74) is 3.28. The molecule has 0 unspecified atom stereocenters. The highest BCUT2D eigenvalue weighted by molar-refractivity contribution is 5.60. The van der Waals surface area contributed by atoms with Crippen molar-refractivity contribution in [1.29, 1.82) is 0 Å². The van der Waals surface area contributed by atoms with Crippen LogP contribution in [0.5, 0.6) is 0 Å². The smallest absolute Gasteiger partial charge is 0.229 e. The standard InChI is InChI=1S/C21H31N5/c1-4-5-12-22-20-15-17(3)23-21(25-20)24-18-6-8-19(9-7-18)26-13-10-16(2)11-14-26/h6-9,15-16H,4-5,10-14H2,1-3H3,(H2,22,23,24,25). The van der Waals surface area contributed by atoms with Crippen LogP contribution in [0.4, 0.5) is 23.1 Å². The molecule has 1 aliphatic rings. The van der Waals surface area contributed by atoms with Crippen LogP contribution in [0, 0.1) is 12.8 Å². The molecule has 3 rings (SSSR count). The zero-order valence-electron chi connectivity index (χ0n) is 16.3. The Morgan fingerprint density at radius 1 is 1.12 bits per heavy atom. The molecule has 1 aromatic carbocycles. The summed E-state index contributed by atoms with van der Waals surface area (Å²) in [7, 11) is 0. The first kappa shape index (κ1) is 18.5. The lowest BCUT2D eigenvalue weighted by molar-refractivity contribution is 0.438. The van der Waals surface area contributed by atoms with Crippen LogP contribution in [0.25, 0.3) is 0 Å². The number of rotatable bonds is 7. The predicted molar refractivity (Wildman–Crippen MR) is 111 cm³/mol. The zero-order chi connectivity index (χ0) is 18.4. The zero-order valence-corrected chi connectivity index (χ0v) is 16.3. The van der Waals surface area contributed by atoms with E-state index in [-0.39, 0.29) is 0 Å². The summed E-state index contributed by atoms with van der Waals surface area (Å²) < 4.78 is 0. The predicted octanol–water partition coefficient (Wildman–Crippen LogP) is 4.98. The average molecular weight is 354 g/mol. The second kappa shape index (κ2) is 8.88. The minimum atomic E-state index is 0.642. The molecule has 140 valence electrons. The number of aromatic nitrogens is 2. The maximum absolute atomic E-state index is 4.58. The van der Waals surface area contributed by atoms with Gasteiger partial charge in [0.2, 0.25) is 5.95 Å². The summed E-state index contributed by atoms with van der Waals surface area (Å²) in [5, 5.41) is 6.70. The van der Waals surface area contributed by atoms with Crippen molar-refractivity contribution in [2.24, 2.45) is 5.92 Å². The van der Waals surface area contributed by atoms with Gasteiger partial charge in [-0.1, -0.05) is 20.3 Å². The van der Waals surface area contributed by atoms with Crippen LogP contribution in [0.1, 0.15) is 45.2 Å². The summed E-state index contributed by atoms with van der Waals surface area (Å²) in [6.07, 6.45) is 4.88. The van der Waals surface area contributed by atoms with Gasteiger partial charge >= 0.3 is 0 Å². The highest BCUT2D eigenvalue weighted by Gasteiger charge is 2.15. The molecule has 0 atom stereocenters. The first-order valence-electron chi connectivity index (χ1n) is 9.85. The first-order valence-corrected chi connectivity index (χ1v) is 9.85. The normalized spacial score (nSPS) is 15.1. The molecule has 5 heteroatoms. The Balaban J connectivity index is 1.63. The van der Waals surface area contributed by atoms with Crippen LogP contribution in [0.15, 0.2) is 30.3 Å². The summed E-state index contributed by atoms with van der Waals surface area (Å²) in [6.45, 7) is 9.78. The van der Waals surface area contributed by atoms with Crippen molar-refractivity contribution in [1.82, 2.24) is 9.97 Å². The van der Waals surface area contributed by atoms with Crippen LogP contribution in [-0.4, -0.2) is 29.6 Å². The largest absolute Gasteiger partial charge is 0.372 e. The van der Waals surface area contributed by atoms with Crippen LogP contribution < -0.4 is 15.5 Å². The number of nitrogens with zero attached hydrogens (tertiary/aromatic N) is 3. The molecule has 0 radical (unpaired) electrons. The Morgan fingerprint density at radius 2 is 1.85 bits per heavy atom. The number of anilines is 4. The maximum atomic E-state index is 4.58. The summed E-state index contributed by atoms with van der Waals surface area (Å²) in [6, 6.07) is 10.6. The molecule has 1 fully saturated rings. The Morgan fingerprint density at radius 3 is 2.54 bits per heavy atom. The lowest BCUT2D eigenvalue weighted by Crippen LogP contribution is -2.32. The number of benzene rings is 1. The monoisotopic (exact) mass is 353 g/mol. The molecule has 0 aliphatic carbocycles. The molecule has 0 spiro atoms. The van der Waals surface area contributed by atoms with E-state index in [1.54, 1.807) is 0 Å². The lowest BCUT2D eigenvalue weighted by Gasteiger charge is -2.32. The van der Waals surface area contributed by atoms with Crippen LogP contribution in [0.3, 0.4) is 0 Å². The Hall–Kier alpha value is -2.30.